The Kier molecular flexibility index (Phi) is 8.01. The Labute approximate surface area is 239 Å². The van der Waals surface area contributed by atoms with Gasteiger partial charge in [0.2, 0.25) is 0 Å². The maximum Gasteiger partial charge on any atom is 0.337 e. The molecule has 41 heavy (non-hydrogen) atoms. The van der Waals surface area contributed by atoms with Gasteiger partial charge in [0.15, 0.2) is 28.8 Å². The highest BCUT2D eigenvalue weighted by molar-refractivity contribution is 6.04. The molecule has 0 radical (unpaired) electrons. The molecule has 2 N–H and O–H groups in total. The zero-order chi connectivity index (χ0) is 29.1. The fourth-order valence-electron chi connectivity index (χ4n) is 5.67. The minimum atomic E-state index is -0.717. The molecule has 0 saturated carbocycles. The van der Waals surface area contributed by atoms with E-state index in [1.54, 1.807) is 32.4 Å². The van der Waals surface area contributed by atoms with Crippen LogP contribution in [0.2, 0.25) is 0 Å². The second-order valence-electron chi connectivity index (χ2n) is 10.1. The van der Waals surface area contributed by atoms with Crippen LogP contribution in [-0.4, -0.2) is 38.2 Å². The van der Waals surface area contributed by atoms with Crippen LogP contribution < -0.4 is 19.5 Å². The molecule has 2 aliphatic rings. The minimum absolute atomic E-state index is 0.0770. The van der Waals surface area contributed by atoms with Gasteiger partial charge in [-0.05, 0) is 60.2 Å². The lowest BCUT2D eigenvalue weighted by atomic mass is 9.71. The summed E-state index contributed by atoms with van der Waals surface area (Å²) in [7, 11) is 4.63. The van der Waals surface area contributed by atoms with E-state index >= 15 is 0 Å². The van der Waals surface area contributed by atoms with E-state index in [1.807, 2.05) is 55.5 Å². The van der Waals surface area contributed by atoms with Gasteiger partial charge in [-0.3, -0.25) is 4.79 Å². The highest BCUT2D eigenvalue weighted by atomic mass is 16.5. The van der Waals surface area contributed by atoms with Crippen molar-refractivity contribution in [3.63, 3.8) is 0 Å². The average molecular weight is 556 g/mol. The number of hydrogen-bond acceptors (Lipinski definition) is 8. The van der Waals surface area contributed by atoms with E-state index in [9.17, 15) is 14.7 Å². The van der Waals surface area contributed by atoms with Gasteiger partial charge in [0.1, 0.15) is 6.61 Å². The van der Waals surface area contributed by atoms with Crippen LogP contribution >= 0.6 is 0 Å². The van der Waals surface area contributed by atoms with Gasteiger partial charge in [-0.1, -0.05) is 42.5 Å². The van der Waals surface area contributed by atoms with E-state index < -0.39 is 11.9 Å². The third kappa shape index (κ3) is 5.50. The first-order valence-electron chi connectivity index (χ1n) is 13.4. The molecule has 1 aliphatic heterocycles. The van der Waals surface area contributed by atoms with Gasteiger partial charge in [-0.25, -0.2) is 4.79 Å². The minimum Gasteiger partial charge on any atom is -0.504 e. The number of dihydropyridines is 1. The smallest absolute Gasteiger partial charge is 0.337 e. The van der Waals surface area contributed by atoms with E-state index in [0.29, 0.717) is 46.1 Å². The predicted octanol–water partition coefficient (Wildman–Crippen LogP) is 5.52. The maximum absolute atomic E-state index is 13.9. The van der Waals surface area contributed by atoms with Crippen molar-refractivity contribution >= 4 is 11.8 Å². The summed E-state index contributed by atoms with van der Waals surface area (Å²) < 4.78 is 21.8. The first-order valence-corrected chi connectivity index (χ1v) is 13.4. The topological polar surface area (TPSA) is 103 Å². The molecule has 0 spiro atoms. The molecule has 0 saturated heterocycles. The van der Waals surface area contributed by atoms with E-state index in [0.717, 1.165) is 16.8 Å². The summed E-state index contributed by atoms with van der Waals surface area (Å²) in [6, 6.07) is 20.1. The number of hydrogen-bond donors (Lipinski definition) is 2. The molecule has 8 heteroatoms. The lowest BCUT2D eigenvalue weighted by Gasteiger charge is -2.37. The van der Waals surface area contributed by atoms with Crippen molar-refractivity contribution in [2.75, 3.05) is 21.3 Å². The molecule has 0 fully saturated rings. The molecule has 0 bridgehead atoms. The number of carbonyl (C=O) groups is 2. The Bertz CT molecular complexity index is 1540. The van der Waals surface area contributed by atoms with Gasteiger partial charge in [0, 0.05) is 29.3 Å². The zero-order valence-electron chi connectivity index (χ0n) is 23.5. The van der Waals surface area contributed by atoms with Crippen molar-refractivity contribution in [3.8, 4) is 23.0 Å². The Balaban J connectivity index is 1.53. The molecule has 1 heterocycles. The Morgan fingerprint density at radius 2 is 1.56 bits per heavy atom. The molecule has 2 atom stereocenters. The number of nitrogens with one attached hydrogen (secondary N) is 1. The summed E-state index contributed by atoms with van der Waals surface area (Å²) in [5.74, 6) is 0.00943. The maximum atomic E-state index is 13.9. The van der Waals surface area contributed by atoms with Crippen LogP contribution in [0.5, 0.6) is 23.0 Å². The fourth-order valence-corrected chi connectivity index (χ4v) is 5.67. The standard InChI is InChI=1S/C33H33NO7/c1-19-30(33(37)41-18-20-8-6-5-7-9-20)31(22-11-12-27(38-2)25(35)15-22)32-24(34-19)14-23(16-26(32)36)21-10-13-28(39-3)29(17-21)40-4/h5-13,15,17,23,31,34-35H,14,16,18H2,1-4H3/t23-,31-/m1/s1. The van der Waals surface area contributed by atoms with Crippen LogP contribution in [0.3, 0.4) is 0 Å². The number of allylic oxidation sites excluding steroid dienone is 3. The number of ether oxygens (including phenoxy) is 4. The lowest BCUT2D eigenvalue weighted by molar-refractivity contribution is -0.140. The van der Waals surface area contributed by atoms with Crippen molar-refractivity contribution in [2.45, 2.75) is 38.2 Å². The summed E-state index contributed by atoms with van der Waals surface area (Å²) in [6.07, 6.45) is 0.804. The Morgan fingerprint density at radius 3 is 2.24 bits per heavy atom. The number of carbonyl (C=O) groups excluding carboxylic acids is 2. The number of Topliss-reactive ketones (excluding diaryl/α,β-unsaturated/α-hetero) is 1. The van der Waals surface area contributed by atoms with Crippen molar-refractivity contribution in [1.82, 2.24) is 5.32 Å². The zero-order valence-corrected chi connectivity index (χ0v) is 23.5. The van der Waals surface area contributed by atoms with Gasteiger partial charge < -0.3 is 29.4 Å². The number of esters is 1. The SMILES string of the molecule is COc1ccc([C@@H]2C(C(=O)OCc3ccccc3)=C(C)NC3=C2C(=O)C[C@H](c2ccc(OC)c(OC)c2)C3)cc1O. The van der Waals surface area contributed by atoms with E-state index in [1.165, 1.54) is 7.11 Å². The van der Waals surface area contributed by atoms with Crippen molar-refractivity contribution in [2.24, 2.45) is 0 Å². The Morgan fingerprint density at radius 1 is 0.878 bits per heavy atom. The molecule has 0 aromatic heterocycles. The second-order valence-corrected chi connectivity index (χ2v) is 10.1. The molecule has 1 aliphatic carbocycles. The number of benzene rings is 3. The predicted molar refractivity (Wildman–Crippen MR) is 153 cm³/mol. The van der Waals surface area contributed by atoms with Crippen LogP contribution in [0.15, 0.2) is 89.3 Å². The van der Waals surface area contributed by atoms with E-state index in [2.05, 4.69) is 5.32 Å². The molecule has 212 valence electrons. The second kappa shape index (κ2) is 11.8. The van der Waals surface area contributed by atoms with Gasteiger partial charge in [0.25, 0.3) is 0 Å². The highest BCUT2D eigenvalue weighted by Crippen LogP contribution is 2.47. The summed E-state index contributed by atoms with van der Waals surface area (Å²) >= 11 is 0. The fraction of sp³-hybridized carbons (Fsp3) is 0.273. The quantitative estimate of drug-likeness (QED) is 0.350. The average Bonchev–Trinajstić information content (AvgIpc) is 2.99. The summed E-state index contributed by atoms with van der Waals surface area (Å²) in [5, 5.41) is 14.0. The third-order valence-corrected chi connectivity index (χ3v) is 7.68. The molecule has 3 aromatic carbocycles. The molecule has 3 aromatic rings. The van der Waals surface area contributed by atoms with Crippen LogP contribution in [-0.2, 0) is 20.9 Å². The number of phenols is 1. The molecular formula is C33H33NO7. The lowest BCUT2D eigenvalue weighted by Crippen LogP contribution is -2.36. The van der Waals surface area contributed by atoms with Crippen LogP contribution in [0.25, 0.3) is 0 Å². The van der Waals surface area contributed by atoms with Crippen LogP contribution in [0.4, 0.5) is 0 Å². The summed E-state index contributed by atoms with van der Waals surface area (Å²) in [6.45, 7) is 1.90. The van der Waals surface area contributed by atoms with Gasteiger partial charge in [0.05, 0.1) is 26.9 Å². The van der Waals surface area contributed by atoms with Crippen LogP contribution in [0.1, 0.15) is 48.3 Å². The monoisotopic (exact) mass is 555 g/mol. The van der Waals surface area contributed by atoms with Gasteiger partial charge >= 0.3 is 5.97 Å². The third-order valence-electron chi connectivity index (χ3n) is 7.68. The number of rotatable bonds is 8. The van der Waals surface area contributed by atoms with Gasteiger partial charge in [-0.15, -0.1) is 0 Å². The molecule has 8 nitrogen and oxygen atoms in total. The van der Waals surface area contributed by atoms with Crippen molar-refractivity contribution < 1.29 is 33.6 Å². The molecule has 5 rings (SSSR count). The van der Waals surface area contributed by atoms with Gasteiger partial charge in [-0.2, -0.15) is 0 Å². The molecular weight excluding hydrogens is 522 g/mol. The first-order chi connectivity index (χ1) is 19.8. The number of ketones is 1. The normalized spacial score (nSPS) is 18.4. The van der Waals surface area contributed by atoms with Crippen molar-refractivity contribution in [1.29, 1.82) is 0 Å². The van der Waals surface area contributed by atoms with E-state index in [4.69, 9.17) is 18.9 Å². The van der Waals surface area contributed by atoms with Crippen LogP contribution in [0, 0.1) is 0 Å². The number of methoxy groups -OCH3 is 3. The van der Waals surface area contributed by atoms with E-state index in [-0.39, 0.29) is 30.5 Å². The first kappa shape index (κ1) is 27.8. The number of phenolic OH excluding ortho intramolecular Hbond substituents is 1. The van der Waals surface area contributed by atoms with Crippen molar-refractivity contribution in [3.05, 3.63) is 106 Å². The largest absolute Gasteiger partial charge is 0.504 e. The highest BCUT2D eigenvalue weighted by Gasteiger charge is 2.41. The summed E-state index contributed by atoms with van der Waals surface area (Å²) in [4.78, 5) is 27.5. The molecule has 0 unspecified atom stereocenters. The number of aromatic hydroxyl groups is 1. The molecule has 0 amide bonds. The Hall–Kier alpha value is -4.72. The summed E-state index contributed by atoms with van der Waals surface area (Å²) in [5.41, 5.74) is 4.60.